The fourth-order valence-corrected chi connectivity index (χ4v) is 5.18. The normalized spacial score (nSPS) is 18.8. The summed E-state index contributed by atoms with van der Waals surface area (Å²) in [4.78, 5) is 36.2. The number of likely N-dealkylation sites (tertiary alicyclic amines) is 1. The van der Waals surface area contributed by atoms with Crippen molar-refractivity contribution < 1.29 is 22.8 Å². The lowest BCUT2D eigenvalue weighted by molar-refractivity contribution is -0.141. The van der Waals surface area contributed by atoms with E-state index < -0.39 is 22.5 Å². The Morgan fingerprint density at radius 3 is 2.33 bits per heavy atom. The molecule has 3 rings (SSSR count). The van der Waals surface area contributed by atoms with E-state index in [1.807, 2.05) is 0 Å². The molecule has 0 bridgehead atoms. The summed E-state index contributed by atoms with van der Waals surface area (Å²) >= 11 is 6.10. The third-order valence-corrected chi connectivity index (χ3v) is 6.98. The van der Waals surface area contributed by atoms with Crippen LogP contribution in [0.3, 0.4) is 0 Å². The van der Waals surface area contributed by atoms with Gasteiger partial charge in [0.1, 0.15) is 11.4 Å². The summed E-state index contributed by atoms with van der Waals surface area (Å²) in [5.41, 5.74) is 0.235. The molecule has 1 N–H and O–H groups in total. The predicted octanol–water partition coefficient (Wildman–Crippen LogP) is 1.60. The van der Waals surface area contributed by atoms with E-state index in [2.05, 4.69) is 5.32 Å². The van der Waals surface area contributed by atoms with Gasteiger partial charge in [-0.05, 0) is 31.0 Å². The van der Waals surface area contributed by atoms with Gasteiger partial charge in [0.25, 0.3) is 0 Å². The van der Waals surface area contributed by atoms with E-state index in [0.29, 0.717) is 13.1 Å². The number of carbonyl (C=O) groups excluding carboxylic acids is 3. The number of hydrogen-bond acceptors (Lipinski definition) is 5. The minimum Gasteiger partial charge on any atom is -0.324 e. The van der Waals surface area contributed by atoms with Gasteiger partial charge in [0.2, 0.25) is 27.7 Å². The molecule has 2 fully saturated rings. The first-order chi connectivity index (χ1) is 12.8. The van der Waals surface area contributed by atoms with Crippen LogP contribution in [0.2, 0.25) is 5.02 Å². The van der Waals surface area contributed by atoms with Crippen LogP contribution in [0, 0.1) is 0 Å². The number of halogens is 1. The second-order valence-electron chi connectivity index (χ2n) is 6.53. The Labute approximate surface area is 162 Å². The van der Waals surface area contributed by atoms with Crippen molar-refractivity contribution >= 4 is 45.0 Å². The van der Waals surface area contributed by atoms with Gasteiger partial charge >= 0.3 is 0 Å². The second-order valence-corrected chi connectivity index (χ2v) is 8.85. The molecule has 8 nitrogen and oxygen atoms in total. The van der Waals surface area contributed by atoms with Crippen molar-refractivity contribution in [1.82, 2.24) is 9.21 Å². The first kappa shape index (κ1) is 19.8. The maximum absolute atomic E-state index is 12.8. The van der Waals surface area contributed by atoms with Gasteiger partial charge in [-0.25, -0.2) is 8.42 Å². The Morgan fingerprint density at radius 1 is 1.07 bits per heavy atom. The van der Waals surface area contributed by atoms with Gasteiger partial charge in [-0.3, -0.25) is 19.3 Å². The standard InChI is InChI=1S/C17H20ClN3O5S/c18-13-5-4-12(19-15(22)11-21-16(23)6-7-17(21)24)10-14(13)27(25,26)20-8-2-1-3-9-20/h4-5,10H,1-3,6-9,11H2,(H,19,22). The van der Waals surface area contributed by atoms with Crippen LogP contribution in [0.5, 0.6) is 0 Å². The van der Waals surface area contributed by atoms with E-state index in [4.69, 9.17) is 11.6 Å². The molecule has 0 aromatic heterocycles. The van der Waals surface area contributed by atoms with E-state index in [9.17, 15) is 22.8 Å². The highest BCUT2D eigenvalue weighted by Gasteiger charge is 2.31. The highest BCUT2D eigenvalue weighted by molar-refractivity contribution is 7.89. The maximum Gasteiger partial charge on any atom is 0.244 e. The van der Waals surface area contributed by atoms with Crippen molar-refractivity contribution in [2.24, 2.45) is 0 Å². The van der Waals surface area contributed by atoms with Crippen LogP contribution >= 0.6 is 11.6 Å². The minimum absolute atomic E-state index is 0.0720. The molecule has 27 heavy (non-hydrogen) atoms. The Kier molecular flexibility index (Phi) is 5.83. The molecule has 2 saturated heterocycles. The summed E-state index contributed by atoms with van der Waals surface area (Å²) in [6, 6.07) is 4.18. The molecule has 0 spiro atoms. The number of carbonyl (C=O) groups is 3. The third kappa shape index (κ3) is 4.31. The van der Waals surface area contributed by atoms with Crippen molar-refractivity contribution in [3.8, 4) is 0 Å². The quantitative estimate of drug-likeness (QED) is 0.738. The van der Waals surface area contributed by atoms with Crippen molar-refractivity contribution in [3.63, 3.8) is 0 Å². The Hall–Kier alpha value is -1.97. The summed E-state index contributed by atoms with van der Waals surface area (Å²) in [7, 11) is -3.76. The molecule has 3 amide bonds. The molecule has 1 aromatic rings. The molecule has 0 aliphatic carbocycles. The molecule has 0 unspecified atom stereocenters. The topological polar surface area (TPSA) is 104 Å². The van der Waals surface area contributed by atoms with E-state index in [1.165, 1.54) is 22.5 Å². The molecule has 0 saturated carbocycles. The van der Waals surface area contributed by atoms with E-state index in [0.717, 1.165) is 24.2 Å². The van der Waals surface area contributed by atoms with Crippen LogP contribution in [0.25, 0.3) is 0 Å². The molecule has 146 valence electrons. The van der Waals surface area contributed by atoms with Crippen molar-refractivity contribution in [3.05, 3.63) is 23.2 Å². The fraction of sp³-hybridized carbons (Fsp3) is 0.471. The predicted molar refractivity (Wildman–Crippen MR) is 98.6 cm³/mol. The number of rotatable bonds is 5. The van der Waals surface area contributed by atoms with Crippen LogP contribution in [0.15, 0.2) is 23.1 Å². The number of nitrogens with zero attached hydrogens (tertiary/aromatic N) is 2. The molecule has 2 aliphatic heterocycles. The molecule has 2 aliphatic rings. The van der Waals surface area contributed by atoms with Gasteiger partial charge in [-0.15, -0.1) is 0 Å². The summed E-state index contributed by atoms with van der Waals surface area (Å²) in [6.07, 6.45) is 2.79. The van der Waals surface area contributed by atoms with E-state index >= 15 is 0 Å². The number of imide groups is 1. The zero-order chi connectivity index (χ0) is 19.6. The van der Waals surface area contributed by atoms with Gasteiger partial charge in [0, 0.05) is 31.6 Å². The molecule has 2 heterocycles. The summed E-state index contributed by atoms with van der Waals surface area (Å²) in [5, 5.41) is 2.60. The van der Waals surface area contributed by atoms with Gasteiger partial charge in [-0.1, -0.05) is 18.0 Å². The lowest BCUT2D eigenvalue weighted by Crippen LogP contribution is -2.37. The smallest absolute Gasteiger partial charge is 0.244 e. The number of hydrogen-bond donors (Lipinski definition) is 1. The first-order valence-corrected chi connectivity index (χ1v) is 10.5. The third-order valence-electron chi connectivity index (χ3n) is 4.60. The van der Waals surface area contributed by atoms with Crippen LogP contribution < -0.4 is 5.32 Å². The zero-order valence-corrected chi connectivity index (χ0v) is 16.2. The second kappa shape index (κ2) is 7.95. The SMILES string of the molecule is O=C(CN1C(=O)CCC1=O)Nc1ccc(Cl)c(S(=O)(=O)N2CCCCC2)c1. The van der Waals surface area contributed by atoms with Gasteiger partial charge in [0.15, 0.2) is 0 Å². The van der Waals surface area contributed by atoms with Crippen LogP contribution in [-0.2, 0) is 24.4 Å². The lowest BCUT2D eigenvalue weighted by Gasteiger charge is -2.26. The summed E-state index contributed by atoms with van der Waals surface area (Å²) in [6.45, 7) is 0.483. The van der Waals surface area contributed by atoms with Crippen LogP contribution in [-0.4, -0.2) is 55.0 Å². The maximum atomic E-state index is 12.8. The Bertz CT molecular complexity index is 865. The summed E-state index contributed by atoms with van der Waals surface area (Å²) in [5.74, 6) is -1.36. The van der Waals surface area contributed by atoms with Gasteiger partial charge in [-0.2, -0.15) is 4.31 Å². The molecular weight excluding hydrogens is 394 g/mol. The first-order valence-electron chi connectivity index (χ1n) is 8.72. The molecular formula is C17H20ClN3O5S. The van der Waals surface area contributed by atoms with E-state index in [1.54, 1.807) is 0 Å². The van der Waals surface area contributed by atoms with Crippen molar-refractivity contribution in [1.29, 1.82) is 0 Å². The lowest BCUT2D eigenvalue weighted by atomic mass is 10.2. The average Bonchev–Trinajstić information content (AvgIpc) is 2.96. The fourth-order valence-electron chi connectivity index (χ4n) is 3.17. The van der Waals surface area contributed by atoms with Crippen LogP contribution in [0.4, 0.5) is 5.69 Å². The number of anilines is 1. The van der Waals surface area contributed by atoms with Gasteiger partial charge < -0.3 is 5.32 Å². The Balaban J connectivity index is 1.76. The molecule has 1 aromatic carbocycles. The van der Waals surface area contributed by atoms with Crippen molar-refractivity contribution in [2.75, 3.05) is 25.0 Å². The number of nitrogens with one attached hydrogen (secondary N) is 1. The summed E-state index contributed by atoms with van der Waals surface area (Å²) < 4.78 is 27.1. The minimum atomic E-state index is -3.76. The Morgan fingerprint density at radius 2 is 1.70 bits per heavy atom. The molecule has 0 atom stereocenters. The number of piperidine rings is 1. The van der Waals surface area contributed by atoms with Crippen molar-refractivity contribution in [2.45, 2.75) is 37.0 Å². The largest absolute Gasteiger partial charge is 0.324 e. The highest BCUT2D eigenvalue weighted by Crippen LogP contribution is 2.29. The highest BCUT2D eigenvalue weighted by atomic mass is 35.5. The van der Waals surface area contributed by atoms with Crippen LogP contribution in [0.1, 0.15) is 32.1 Å². The van der Waals surface area contributed by atoms with E-state index in [-0.39, 0.29) is 40.3 Å². The number of benzene rings is 1. The number of amides is 3. The monoisotopic (exact) mass is 413 g/mol. The zero-order valence-electron chi connectivity index (χ0n) is 14.6. The van der Waals surface area contributed by atoms with Gasteiger partial charge in [0.05, 0.1) is 5.02 Å². The average molecular weight is 414 g/mol. The molecule has 10 heteroatoms. The number of sulfonamides is 1. The molecule has 0 radical (unpaired) electrons.